The largest absolute Gasteiger partial charge is 0.474 e. The van der Waals surface area contributed by atoms with Crippen molar-refractivity contribution in [3.8, 4) is 5.88 Å². The lowest BCUT2D eigenvalue weighted by Gasteiger charge is -2.37. The Morgan fingerprint density at radius 1 is 1.32 bits per heavy atom. The molecular formula is C15H25N3O. The van der Waals surface area contributed by atoms with Gasteiger partial charge < -0.3 is 10.5 Å². The van der Waals surface area contributed by atoms with Gasteiger partial charge in [0, 0.05) is 11.8 Å². The first-order valence-electron chi connectivity index (χ1n) is 7.23. The second-order valence-corrected chi connectivity index (χ2v) is 6.19. The van der Waals surface area contributed by atoms with Gasteiger partial charge in [-0.2, -0.15) is 4.98 Å². The minimum atomic E-state index is 0.248. The quantitative estimate of drug-likeness (QED) is 0.909. The van der Waals surface area contributed by atoms with Crippen LogP contribution in [0.4, 0.5) is 5.95 Å². The lowest BCUT2D eigenvalue weighted by molar-refractivity contribution is 0.0426. The van der Waals surface area contributed by atoms with E-state index in [1.807, 2.05) is 13.0 Å². The molecule has 1 aromatic heterocycles. The zero-order valence-electron chi connectivity index (χ0n) is 12.4. The number of ether oxygens (including phenoxy) is 1. The maximum atomic E-state index is 6.13. The average Bonchev–Trinajstić information content (AvgIpc) is 2.26. The fourth-order valence-corrected chi connectivity index (χ4v) is 3.03. The van der Waals surface area contributed by atoms with Crippen molar-refractivity contribution in [3.63, 3.8) is 0 Å². The van der Waals surface area contributed by atoms with E-state index in [2.05, 4.69) is 30.7 Å². The van der Waals surface area contributed by atoms with Gasteiger partial charge in [-0.15, -0.1) is 0 Å². The summed E-state index contributed by atoms with van der Waals surface area (Å²) in [7, 11) is 0. The number of nitrogens with two attached hydrogens (primary N) is 1. The van der Waals surface area contributed by atoms with Gasteiger partial charge in [0.05, 0.1) is 0 Å². The van der Waals surface area contributed by atoms with E-state index in [1.165, 1.54) is 12.8 Å². The molecule has 0 aliphatic heterocycles. The molecule has 106 valence electrons. The van der Waals surface area contributed by atoms with Crippen LogP contribution < -0.4 is 10.5 Å². The number of aryl methyl sites for hydroxylation is 1. The third kappa shape index (κ3) is 3.58. The maximum absolute atomic E-state index is 6.13. The van der Waals surface area contributed by atoms with Gasteiger partial charge in [-0.1, -0.05) is 27.2 Å². The highest BCUT2D eigenvalue weighted by Crippen LogP contribution is 2.35. The molecular weight excluding hydrogens is 238 g/mol. The molecule has 0 saturated heterocycles. The molecule has 1 fully saturated rings. The Labute approximate surface area is 115 Å². The van der Waals surface area contributed by atoms with Crippen LogP contribution in [0.15, 0.2) is 6.07 Å². The summed E-state index contributed by atoms with van der Waals surface area (Å²) < 4.78 is 6.13. The molecule has 0 amide bonds. The minimum Gasteiger partial charge on any atom is -0.474 e. The first-order chi connectivity index (χ1) is 8.95. The molecule has 0 aromatic carbocycles. The molecule has 0 bridgehead atoms. The summed E-state index contributed by atoms with van der Waals surface area (Å²) in [6.45, 7) is 8.76. The molecule has 3 atom stereocenters. The van der Waals surface area contributed by atoms with Gasteiger partial charge in [0.25, 0.3) is 0 Å². The van der Waals surface area contributed by atoms with Crippen molar-refractivity contribution in [1.29, 1.82) is 0 Å². The zero-order valence-corrected chi connectivity index (χ0v) is 12.4. The Morgan fingerprint density at radius 2 is 2.05 bits per heavy atom. The molecule has 19 heavy (non-hydrogen) atoms. The van der Waals surface area contributed by atoms with Crippen LogP contribution in [-0.4, -0.2) is 16.1 Å². The Hall–Kier alpha value is -1.32. The number of aromatic nitrogens is 2. The monoisotopic (exact) mass is 263 g/mol. The summed E-state index contributed by atoms with van der Waals surface area (Å²) in [6, 6.07) is 1.87. The normalized spacial score (nSPS) is 27.5. The van der Waals surface area contributed by atoms with Crippen molar-refractivity contribution in [3.05, 3.63) is 11.8 Å². The van der Waals surface area contributed by atoms with Crippen molar-refractivity contribution >= 4 is 5.95 Å². The SMILES string of the molecule is Cc1cc(OC2CC(C)CCC2C(C)C)nc(N)n1. The molecule has 2 N–H and O–H groups in total. The zero-order chi connectivity index (χ0) is 14.0. The van der Waals surface area contributed by atoms with Crippen molar-refractivity contribution in [1.82, 2.24) is 9.97 Å². The second kappa shape index (κ2) is 5.76. The van der Waals surface area contributed by atoms with Gasteiger partial charge in [-0.05, 0) is 37.5 Å². The van der Waals surface area contributed by atoms with E-state index in [0.717, 1.165) is 18.0 Å². The number of nitrogen functional groups attached to an aromatic ring is 1. The molecule has 0 spiro atoms. The lowest BCUT2D eigenvalue weighted by Crippen LogP contribution is -2.36. The van der Waals surface area contributed by atoms with Crippen LogP contribution in [0.25, 0.3) is 0 Å². The highest BCUT2D eigenvalue weighted by molar-refractivity contribution is 5.25. The molecule has 1 aromatic rings. The Bertz CT molecular complexity index is 413. The molecule has 1 aliphatic carbocycles. The predicted molar refractivity (Wildman–Crippen MR) is 76.9 cm³/mol. The highest BCUT2D eigenvalue weighted by Gasteiger charge is 2.32. The predicted octanol–water partition coefficient (Wildman–Crippen LogP) is 3.21. The molecule has 0 radical (unpaired) electrons. The molecule has 3 unspecified atom stereocenters. The fraction of sp³-hybridized carbons (Fsp3) is 0.733. The first kappa shape index (κ1) is 14.1. The molecule has 2 rings (SSSR count). The van der Waals surface area contributed by atoms with E-state index in [1.54, 1.807) is 0 Å². The smallest absolute Gasteiger partial charge is 0.223 e. The summed E-state index contributed by atoms with van der Waals surface area (Å²) in [5, 5.41) is 0. The lowest BCUT2D eigenvalue weighted by atomic mass is 9.75. The second-order valence-electron chi connectivity index (χ2n) is 6.19. The maximum Gasteiger partial charge on any atom is 0.223 e. The Morgan fingerprint density at radius 3 is 2.68 bits per heavy atom. The van der Waals surface area contributed by atoms with Gasteiger partial charge >= 0.3 is 0 Å². The van der Waals surface area contributed by atoms with Crippen LogP contribution in [0.2, 0.25) is 0 Å². The minimum absolute atomic E-state index is 0.248. The summed E-state index contributed by atoms with van der Waals surface area (Å²) in [4.78, 5) is 8.27. The van der Waals surface area contributed by atoms with Gasteiger partial charge in [0.1, 0.15) is 6.10 Å². The van der Waals surface area contributed by atoms with Gasteiger partial charge in [0.15, 0.2) is 0 Å². The standard InChI is InChI=1S/C15H25N3O/c1-9(2)12-6-5-10(3)7-13(12)19-14-8-11(4)17-15(16)18-14/h8-10,12-13H,5-7H2,1-4H3,(H2,16,17,18). The van der Waals surface area contributed by atoms with E-state index in [4.69, 9.17) is 10.5 Å². The third-order valence-electron chi connectivity index (χ3n) is 4.08. The van der Waals surface area contributed by atoms with Crippen LogP contribution in [-0.2, 0) is 0 Å². The number of rotatable bonds is 3. The summed E-state index contributed by atoms with van der Waals surface area (Å²) in [5.41, 5.74) is 6.54. The van der Waals surface area contributed by atoms with Gasteiger partial charge in [-0.25, -0.2) is 4.98 Å². The highest BCUT2D eigenvalue weighted by atomic mass is 16.5. The van der Waals surface area contributed by atoms with E-state index in [9.17, 15) is 0 Å². The van der Waals surface area contributed by atoms with E-state index < -0.39 is 0 Å². The molecule has 4 nitrogen and oxygen atoms in total. The fourth-order valence-electron chi connectivity index (χ4n) is 3.03. The summed E-state index contributed by atoms with van der Waals surface area (Å²) in [5.74, 6) is 2.88. The third-order valence-corrected chi connectivity index (χ3v) is 4.08. The van der Waals surface area contributed by atoms with Crippen LogP contribution in [0, 0.1) is 24.7 Å². The van der Waals surface area contributed by atoms with E-state index in [-0.39, 0.29) is 6.10 Å². The van der Waals surface area contributed by atoms with Crippen molar-refractivity contribution < 1.29 is 4.74 Å². The number of nitrogens with zero attached hydrogens (tertiary/aromatic N) is 2. The molecule has 4 heteroatoms. The molecule has 1 aliphatic rings. The summed E-state index contributed by atoms with van der Waals surface area (Å²) >= 11 is 0. The Balaban J connectivity index is 2.13. The topological polar surface area (TPSA) is 61.0 Å². The van der Waals surface area contributed by atoms with Crippen LogP contribution in [0.5, 0.6) is 5.88 Å². The van der Waals surface area contributed by atoms with Crippen LogP contribution >= 0.6 is 0 Å². The van der Waals surface area contributed by atoms with Crippen molar-refractivity contribution in [2.24, 2.45) is 17.8 Å². The van der Waals surface area contributed by atoms with Crippen molar-refractivity contribution in [2.75, 3.05) is 5.73 Å². The van der Waals surface area contributed by atoms with Gasteiger partial charge in [0.2, 0.25) is 11.8 Å². The first-order valence-corrected chi connectivity index (χ1v) is 7.23. The number of anilines is 1. The number of hydrogen-bond acceptors (Lipinski definition) is 4. The average molecular weight is 263 g/mol. The summed E-state index contributed by atoms with van der Waals surface area (Å²) in [6.07, 6.45) is 3.89. The van der Waals surface area contributed by atoms with E-state index >= 15 is 0 Å². The van der Waals surface area contributed by atoms with E-state index in [0.29, 0.717) is 23.7 Å². The molecule has 1 saturated carbocycles. The van der Waals surface area contributed by atoms with Crippen LogP contribution in [0.1, 0.15) is 45.7 Å². The number of hydrogen-bond donors (Lipinski definition) is 1. The molecule has 1 heterocycles. The van der Waals surface area contributed by atoms with Gasteiger partial charge in [-0.3, -0.25) is 0 Å². The van der Waals surface area contributed by atoms with Crippen LogP contribution in [0.3, 0.4) is 0 Å². The van der Waals surface area contributed by atoms with Crippen molar-refractivity contribution in [2.45, 2.75) is 53.1 Å². The Kier molecular flexibility index (Phi) is 4.27.